The van der Waals surface area contributed by atoms with E-state index in [0.29, 0.717) is 43.8 Å². The molecule has 2 N–H and O–H groups in total. The van der Waals surface area contributed by atoms with E-state index in [2.05, 4.69) is 10.6 Å². The van der Waals surface area contributed by atoms with E-state index in [1.54, 1.807) is 0 Å². The van der Waals surface area contributed by atoms with Crippen LogP contribution in [0.3, 0.4) is 0 Å². The van der Waals surface area contributed by atoms with Gasteiger partial charge in [-0.1, -0.05) is 30.9 Å². The van der Waals surface area contributed by atoms with Crippen molar-refractivity contribution in [2.45, 2.75) is 37.0 Å². The van der Waals surface area contributed by atoms with Crippen molar-refractivity contribution in [2.24, 2.45) is 5.92 Å². The van der Waals surface area contributed by atoms with E-state index in [-0.39, 0.29) is 16.6 Å². The first-order chi connectivity index (χ1) is 13.0. The number of anilines is 1. The Hall–Kier alpha value is -1.35. The van der Waals surface area contributed by atoms with Crippen LogP contribution in [0.25, 0.3) is 0 Å². The quantitative estimate of drug-likeness (QED) is 0.773. The number of benzene rings is 1. The molecule has 0 bridgehead atoms. The molecule has 2 aliphatic rings. The van der Waals surface area contributed by atoms with Crippen molar-refractivity contribution in [1.82, 2.24) is 9.62 Å². The Labute approximate surface area is 165 Å². The number of urea groups is 1. The molecule has 0 spiro atoms. The Kier molecular flexibility index (Phi) is 6.97. The van der Waals surface area contributed by atoms with Gasteiger partial charge >= 0.3 is 6.03 Å². The van der Waals surface area contributed by atoms with E-state index in [1.165, 1.54) is 41.8 Å². The van der Waals surface area contributed by atoms with Crippen molar-refractivity contribution < 1.29 is 17.9 Å². The first-order valence-electron chi connectivity index (χ1n) is 9.39. The van der Waals surface area contributed by atoms with Gasteiger partial charge in [0.1, 0.15) is 0 Å². The Morgan fingerprint density at radius 2 is 1.89 bits per heavy atom. The molecule has 0 unspecified atom stereocenters. The zero-order valence-corrected chi connectivity index (χ0v) is 16.8. The summed E-state index contributed by atoms with van der Waals surface area (Å²) >= 11 is 6.15. The lowest BCUT2D eigenvalue weighted by Gasteiger charge is -2.26. The fraction of sp³-hybridized carbons (Fsp3) is 0.611. The van der Waals surface area contributed by atoms with Crippen LogP contribution in [0.2, 0.25) is 5.02 Å². The van der Waals surface area contributed by atoms with E-state index in [0.717, 1.165) is 12.8 Å². The summed E-state index contributed by atoms with van der Waals surface area (Å²) < 4.78 is 32.1. The number of halogens is 1. The fourth-order valence-corrected chi connectivity index (χ4v) is 5.09. The predicted molar refractivity (Wildman–Crippen MR) is 105 cm³/mol. The molecule has 2 fully saturated rings. The van der Waals surface area contributed by atoms with Crippen LogP contribution in [0, 0.1) is 5.92 Å². The number of hydrogen-bond acceptors (Lipinski definition) is 4. The van der Waals surface area contributed by atoms with Gasteiger partial charge in [0.25, 0.3) is 0 Å². The monoisotopic (exact) mass is 415 g/mol. The first kappa shape index (κ1) is 20.4. The van der Waals surface area contributed by atoms with E-state index in [4.69, 9.17) is 16.3 Å². The molecule has 1 heterocycles. The number of amides is 2. The molecule has 1 aliphatic heterocycles. The second-order valence-electron chi connectivity index (χ2n) is 7.00. The summed E-state index contributed by atoms with van der Waals surface area (Å²) in [5.41, 5.74) is 0.284. The molecule has 0 radical (unpaired) electrons. The molecule has 2 amide bonds. The topological polar surface area (TPSA) is 87.7 Å². The summed E-state index contributed by atoms with van der Waals surface area (Å²) in [6.45, 7) is 2.00. The van der Waals surface area contributed by atoms with E-state index >= 15 is 0 Å². The van der Waals surface area contributed by atoms with Crippen molar-refractivity contribution in [3.8, 4) is 0 Å². The Balaban J connectivity index is 1.64. The Bertz CT molecular complexity index is 760. The molecule has 0 aromatic heterocycles. The summed E-state index contributed by atoms with van der Waals surface area (Å²) in [6.07, 6.45) is 5.95. The number of hydrogen-bond donors (Lipinski definition) is 2. The lowest BCUT2D eigenvalue weighted by molar-refractivity contribution is 0.0730. The maximum atomic E-state index is 12.8. The van der Waals surface area contributed by atoms with Crippen LogP contribution < -0.4 is 10.6 Å². The van der Waals surface area contributed by atoms with Crippen molar-refractivity contribution in [2.75, 3.05) is 38.2 Å². The second kappa shape index (κ2) is 9.23. The zero-order valence-electron chi connectivity index (χ0n) is 15.2. The average Bonchev–Trinajstić information content (AvgIpc) is 2.69. The van der Waals surface area contributed by atoms with Crippen molar-refractivity contribution in [3.63, 3.8) is 0 Å². The third kappa shape index (κ3) is 5.34. The van der Waals surface area contributed by atoms with Crippen molar-refractivity contribution in [3.05, 3.63) is 23.2 Å². The van der Waals surface area contributed by atoms with E-state index in [9.17, 15) is 13.2 Å². The van der Waals surface area contributed by atoms with Crippen LogP contribution in [0.4, 0.5) is 10.5 Å². The number of sulfonamides is 1. The molecule has 0 atom stereocenters. The minimum atomic E-state index is -3.64. The summed E-state index contributed by atoms with van der Waals surface area (Å²) in [6, 6.07) is 3.99. The number of ether oxygens (including phenoxy) is 1. The van der Waals surface area contributed by atoms with Crippen molar-refractivity contribution in [1.29, 1.82) is 0 Å². The molecule has 1 aromatic rings. The summed E-state index contributed by atoms with van der Waals surface area (Å²) in [5.74, 6) is 0.507. The van der Waals surface area contributed by atoms with Gasteiger partial charge in [0.15, 0.2) is 0 Å². The third-order valence-corrected chi connectivity index (χ3v) is 7.29. The standard InChI is InChI=1S/C18H26ClN3O4S/c19-16-7-6-15(27(24,25)22-8-10-26-11-9-22)12-17(16)21-18(23)20-13-14-4-2-1-3-5-14/h6-7,12,14H,1-5,8-11,13H2,(H2,20,21,23). The average molecular weight is 416 g/mol. The summed E-state index contributed by atoms with van der Waals surface area (Å²) in [5, 5.41) is 5.84. The van der Waals surface area contributed by atoms with E-state index in [1.807, 2.05) is 0 Å². The van der Waals surface area contributed by atoms with Crippen LogP contribution in [0.15, 0.2) is 23.1 Å². The van der Waals surface area contributed by atoms with Gasteiger partial charge in [0.2, 0.25) is 10.0 Å². The molecular weight excluding hydrogens is 390 g/mol. The normalized spacial score (nSPS) is 19.6. The van der Waals surface area contributed by atoms with Crippen LogP contribution in [0.5, 0.6) is 0 Å². The number of nitrogens with one attached hydrogen (secondary N) is 2. The molecule has 7 nitrogen and oxygen atoms in total. The molecule has 3 rings (SSSR count). The van der Waals surface area contributed by atoms with Crippen molar-refractivity contribution >= 4 is 33.3 Å². The lowest BCUT2D eigenvalue weighted by Crippen LogP contribution is -2.40. The largest absolute Gasteiger partial charge is 0.379 e. The van der Waals surface area contributed by atoms with Crippen LogP contribution in [-0.4, -0.2) is 51.6 Å². The number of rotatable bonds is 5. The van der Waals surface area contributed by atoms with Gasteiger partial charge in [-0.2, -0.15) is 4.31 Å². The molecule has 1 aromatic carbocycles. The van der Waals surface area contributed by atoms with Crippen LogP contribution >= 0.6 is 11.6 Å². The molecule has 27 heavy (non-hydrogen) atoms. The first-order valence-corrected chi connectivity index (χ1v) is 11.2. The van der Waals surface area contributed by atoms with Gasteiger partial charge in [-0.3, -0.25) is 0 Å². The third-order valence-electron chi connectivity index (χ3n) is 5.07. The SMILES string of the molecule is O=C(NCC1CCCCC1)Nc1cc(S(=O)(=O)N2CCOCC2)ccc1Cl. The lowest BCUT2D eigenvalue weighted by atomic mass is 9.89. The van der Waals surface area contributed by atoms with Gasteiger partial charge in [0.05, 0.1) is 28.8 Å². The van der Waals surface area contributed by atoms with Gasteiger partial charge in [-0.05, 0) is 37.0 Å². The summed E-state index contributed by atoms with van der Waals surface area (Å²) in [7, 11) is -3.64. The highest BCUT2D eigenvalue weighted by Crippen LogP contribution is 2.27. The Morgan fingerprint density at radius 1 is 1.19 bits per heavy atom. The van der Waals surface area contributed by atoms with Crippen LogP contribution in [0.1, 0.15) is 32.1 Å². The number of morpholine rings is 1. The van der Waals surface area contributed by atoms with Gasteiger partial charge in [-0.15, -0.1) is 0 Å². The summed E-state index contributed by atoms with van der Waals surface area (Å²) in [4.78, 5) is 12.3. The number of carbonyl (C=O) groups excluding carboxylic acids is 1. The second-order valence-corrected chi connectivity index (χ2v) is 9.34. The van der Waals surface area contributed by atoms with E-state index < -0.39 is 10.0 Å². The zero-order chi connectivity index (χ0) is 19.3. The molecule has 9 heteroatoms. The fourth-order valence-electron chi connectivity index (χ4n) is 3.49. The molecule has 150 valence electrons. The predicted octanol–water partition coefficient (Wildman–Crippen LogP) is 3.06. The minimum absolute atomic E-state index is 0.108. The van der Waals surface area contributed by atoms with Gasteiger partial charge in [0, 0.05) is 19.6 Å². The highest BCUT2D eigenvalue weighted by Gasteiger charge is 2.27. The number of carbonyl (C=O) groups is 1. The smallest absolute Gasteiger partial charge is 0.319 e. The number of nitrogens with zero attached hydrogens (tertiary/aromatic N) is 1. The van der Waals surface area contributed by atoms with Crippen LogP contribution in [-0.2, 0) is 14.8 Å². The molecular formula is C18H26ClN3O4S. The highest BCUT2D eigenvalue weighted by molar-refractivity contribution is 7.89. The maximum Gasteiger partial charge on any atom is 0.319 e. The molecule has 1 saturated heterocycles. The highest BCUT2D eigenvalue weighted by atomic mass is 35.5. The Morgan fingerprint density at radius 3 is 2.59 bits per heavy atom. The van der Waals surface area contributed by atoms with Gasteiger partial charge in [-0.25, -0.2) is 13.2 Å². The molecule has 1 aliphatic carbocycles. The molecule has 1 saturated carbocycles. The van der Waals surface area contributed by atoms with Gasteiger partial charge < -0.3 is 15.4 Å². The minimum Gasteiger partial charge on any atom is -0.379 e. The maximum absolute atomic E-state index is 12.8.